The lowest BCUT2D eigenvalue weighted by Gasteiger charge is -2.09. The smallest absolute Gasteiger partial charge is 0.335 e. The fraction of sp³-hybridized carbons (Fsp3) is 0.562. The average molecular weight is 264 g/mol. The average Bonchev–Trinajstić information content (AvgIpc) is 2.39. The van der Waals surface area contributed by atoms with E-state index < -0.39 is 5.97 Å². The van der Waals surface area contributed by atoms with Gasteiger partial charge >= 0.3 is 5.97 Å². The molecule has 3 nitrogen and oxygen atoms in total. The van der Waals surface area contributed by atoms with Gasteiger partial charge in [-0.15, -0.1) is 0 Å². The Morgan fingerprint density at radius 3 is 2.47 bits per heavy atom. The molecule has 3 heteroatoms. The van der Waals surface area contributed by atoms with Gasteiger partial charge in [0.1, 0.15) is 5.75 Å². The Morgan fingerprint density at radius 2 is 1.84 bits per heavy atom. The summed E-state index contributed by atoms with van der Waals surface area (Å²) in [5.41, 5.74) is 1.19. The summed E-state index contributed by atoms with van der Waals surface area (Å²) in [5.74, 6) is -0.107. The van der Waals surface area contributed by atoms with Crippen molar-refractivity contribution in [1.82, 2.24) is 0 Å². The Labute approximate surface area is 115 Å². The van der Waals surface area contributed by atoms with Gasteiger partial charge in [-0.3, -0.25) is 0 Å². The molecule has 1 N–H and O–H groups in total. The van der Waals surface area contributed by atoms with Gasteiger partial charge in [-0.2, -0.15) is 0 Å². The van der Waals surface area contributed by atoms with E-state index in [0.717, 1.165) is 17.7 Å². The largest absolute Gasteiger partial charge is 0.493 e. The van der Waals surface area contributed by atoms with Crippen molar-refractivity contribution in [3.8, 4) is 5.75 Å². The van der Waals surface area contributed by atoms with Gasteiger partial charge in [0.2, 0.25) is 0 Å². The van der Waals surface area contributed by atoms with E-state index in [0.29, 0.717) is 12.2 Å². The third kappa shape index (κ3) is 5.77. The summed E-state index contributed by atoms with van der Waals surface area (Å²) < 4.78 is 5.69. The standard InChI is InChI=1S/C16H24O3/c1-3-4-5-6-7-8-11-19-15-10-9-14(16(17)18)12-13(15)2/h9-10,12H,3-8,11H2,1-2H3,(H,17,18). The maximum atomic E-state index is 10.8. The van der Waals surface area contributed by atoms with Crippen molar-refractivity contribution in [3.05, 3.63) is 29.3 Å². The number of benzene rings is 1. The van der Waals surface area contributed by atoms with Crippen LogP contribution >= 0.6 is 0 Å². The van der Waals surface area contributed by atoms with E-state index in [1.807, 2.05) is 6.92 Å². The quantitative estimate of drug-likeness (QED) is 0.671. The molecule has 106 valence electrons. The first-order valence-corrected chi connectivity index (χ1v) is 7.12. The van der Waals surface area contributed by atoms with Crippen LogP contribution in [0.4, 0.5) is 0 Å². The molecule has 0 unspecified atom stereocenters. The SMILES string of the molecule is CCCCCCCCOc1ccc(C(=O)O)cc1C. The van der Waals surface area contributed by atoms with Crippen LogP contribution in [0.5, 0.6) is 5.75 Å². The monoisotopic (exact) mass is 264 g/mol. The molecule has 0 aliphatic heterocycles. The molecule has 0 bridgehead atoms. The maximum Gasteiger partial charge on any atom is 0.335 e. The van der Waals surface area contributed by atoms with Crippen LogP contribution in [0.15, 0.2) is 18.2 Å². The maximum absolute atomic E-state index is 10.8. The van der Waals surface area contributed by atoms with E-state index in [4.69, 9.17) is 9.84 Å². The lowest BCUT2D eigenvalue weighted by atomic mass is 10.1. The van der Waals surface area contributed by atoms with E-state index in [2.05, 4.69) is 6.92 Å². The second-order valence-electron chi connectivity index (χ2n) is 4.90. The van der Waals surface area contributed by atoms with Gasteiger partial charge in [-0.25, -0.2) is 4.79 Å². The predicted octanol–water partition coefficient (Wildman–Crippen LogP) is 4.43. The molecule has 0 atom stereocenters. The molecule has 0 fully saturated rings. The van der Waals surface area contributed by atoms with E-state index in [-0.39, 0.29) is 0 Å². The Hall–Kier alpha value is -1.51. The van der Waals surface area contributed by atoms with Crippen LogP contribution < -0.4 is 4.74 Å². The zero-order valence-electron chi connectivity index (χ0n) is 11.9. The Morgan fingerprint density at radius 1 is 1.16 bits per heavy atom. The number of rotatable bonds is 9. The number of aromatic carboxylic acids is 1. The van der Waals surface area contributed by atoms with Gasteiger partial charge < -0.3 is 9.84 Å². The van der Waals surface area contributed by atoms with Crippen LogP contribution in [0.2, 0.25) is 0 Å². The molecule has 0 amide bonds. The molecule has 1 aromatic carbocycles. The lowest BCUT2D eigenvalue weighted by molar-refractivity contribution is 0.0696. The minimum Gasteiger partial charge on any atom is -0.493 e. The normalized spacial score (nSPS) is 10.4. The van der Waals surface area contributed by atoms with E-state index in [9.17, 15) is 4.79 Å². The van der Waals surface area contributed by atoms with E-state index in [1.54, 1.807) is 18.2 Å². The van der Waals surface area contributed by atoms with Crippen LogP contribution in [0.25, 0.3) is 0 Å². The van der Waals surface area contributed by atoms with Crippen LogP contribution in [0.1, 0.15) is 61.4 Å². The molecule has 0 spiro atoms. The summed E-state index contributed by atoms with van der Waals surface area (Å²) in [7, 11) is 0. The summed E-state index contributed by atoms with van der Waals surface area (Å²) in [6, 6.07) is 4.99. The molecule has 0 aliphatic carbocycles. The molecular weight excluding hydrogens is 240 g/mol. The fourth-order valence-electron chi connectivity index (χ4n) is 2.01. The second kappa shape index (κ2) is 8.57. The van der Waals surface area contributed by atoms with Crippen molar-refractivity contribution in [2.75, 3.05) is 6.61 Å². The van der Waals surface area contributed by atoms with Crippen molar-refractivity contribution in [2.24, 2.45) is 0 Å². The molecule has 1 aromatic rings. The first-order valence-electron chi connectivity index (χ1n) is 7.12. The number of carboxylic acids is 1. The topological polar surface area (TPSA) is 46.5 Å². The molecule has 0 heterocycles. The number of carbonyl (C=O) groups is 1. The number of unbranched alkanes of at least 4 members (excludes halogenated alkanes) is 5. The van der Waals surface area contributed by atoms with E-state index >= 15 is 0 Å². The first kappa shape index (κ1) is 15.5. The van der Waals surface area contributed by atoms with Crippen LogP contribution in [0.3, 0.4) is 0 Å². The number of ether oxygens (including phenoxy) is 1. The Bertz CT molecular complexity index is 399. The number of carboxylic acid groups (broad SMARTS) is 1. The second-order valence-corrected chi connectivity index (χ2v) is 4.90. The summed E-state index contributed by atoms with van der Waals surface area (Å²) in [4.78, 5) is 10.8. The van der Waals surface area contributed by atoms with Crippen molar-refractivity contribution in [2.45, 2.75) is 52.4 Å². The summed E-state index contributed by atoms with van der Waals surface area (Å²) in [6.07, 6.45) is 7.43. The zero-order chi connectivity index (χ0) is 14.1. The molecule has 0 saturated heterocycles. The summed E-state index contributed by atoms with van der Waals surface area (Å²) >= 11 is 0. The van der Waals surface area contributed by atoms with Crippen molar-refractivity contribution < 1.29 is 14.6 Å². The highest BCUT2D eigenvalue weighted by Crippen LogP contribution is 2.19. The molecule has 0 aromatic heterocycles. The van der Waals surface area contributed by atoms with Gasteiger partial charge in [-0.1, -0.05) is 39.0 Å². The lowest BCUT2D eigenvalue weighted by Crippen LogP contribution is -2.01. The van der Waals surface area contributed by atoms with Crippen molar-refractivity contribution in [1.29, 1.82) is 0 Å². The fourth-order valence-corrected chi connectivity index (χ4v) is 2.01. The number of hydrogen-bond donors (Lipinski definition) is 1. The van der Waals surface area contributed by atoms with Crippen molar-refractivity contribution in [3.63, 3.8) is 0 Å². The highest BCUT2D eigenvalue weighted by atomic mass is 16.5. The zero-order valence-corrected chi connectivity index (χ0v) is 11.9. The third-order valence-corrected chi connectivity index (χ3v) is 3.18. The Balaban J connectivity index is 2.28. The predicted molar refractivity (Wildman–Crippen MR) is 77.0 cm³/mol. The molecule has 0 aliphatic rings. The summed E-state index contributed by atoms with van der Waals surface area (Å²) in [5, 5.41) is 8.88. The minimum absolute atomic E-state index is 0.310. The third-order valence-electron chi connectivity index (χ3n) is 3.18. The number of hydrogen-bond acceptors (Lipinski definition) is 2. The Kier molecular flexibility index (Phi) is 7.01. The van der Waals surface area contributed by atoms with Gasteiger partial charge in [0.15, 0.2) is 0 Å². The molecule has 1 rings (SSSR count). The molecular formula is C16H24O3. The minimum atomic E-state index is -0.898. The van der Waals surface area contributed by atoms with Crippen molar-refractivity contribution >= 4 is 5.97 Å². The van der Waals surface area contributed by atoms with Crippen LogP contribution in [-0.2, 0) is 0 Å². The highest BCUT2D eigenvalue weighted by molar-refractivity contribution is 5.88. The first-order chi connectivity index (χ1) is 9.15. The van der Waals surface area contributed by atoms with Gasteiger partial charge in [0.05, 0.1) is 12.2 Å². The molecule has 0 saturated carbocycles. The van der Waals surface area contributed by atoms with Crippen LogP contribution in [-0.4, -0.2) is 17.7 Å². The van der Waals surface area contributed by atoms with Gasteiger partial charge in [0, 0.05) is 0 Å². The highest BCUT2D eigenvalue weighted by Gasteiger charge is 2.06. The van der Waals surface area contributed by atoms with Crippen LogP contribution in [0, 0.1) is 6.92 Å². The molecule has 19 heavy (non-hydrogen) atoms. The van der Waals surface area contributed by atoms with Gasteiger partial charge in [0.25, 0.3) is 0 Å². The summed E-state index contributed by atoms with van der Waals surface area (Å²) in [6.45, 7) is 4.80. The number of aryl methyl sites for hydroxylation is 1. The van der Waals surface area contributed by atoms with E-state index in [1.165, 1.54) is 32.1 Å². The molecule has 0 radical (unpaired) electrons. The van der Waals surface area contributed by atoms with Gasteiger partial charge in [-0.05, 0) is 37.1 Å².